The Morgan fingerprint density at radius 1 is 0.586 bits per heavy atom. The molecule has 0 radical (unpaired) electrons. The molecule has 1 aliphatic heterocycles. The van der Waals surface area contributed by atoms with Crippen LogP contribution in [0, 0.1) is 0 Å². The summed E-state index contributed by atoms with van der Waals surface area (Å²) in [4.78, 5) is 0. The van der Waals surface area contributed by atoms with E-state index in [4.69, 9.17) is 8.85 Å². The van der Waals surface area contributed by atoms with E-state index in [1.165, 1.54) is 135 Å². The zero-order chi connectivity index (χ0) is 21.0. The Kier molecular flexibility index (Phi) is 17.6. The zero-order valence-corrected chi connectivity index (χ0v) is 21.3. The predicted molar refractivity (Wildman–Crippen MR) is 130 cm³/mol. The minimum absolute atomic E-state index is 1.14. The highest BCUT2D eigenvalue weighted by atomic mass is 28.4. The van der Waals surface area contributed by atoms with Crippen LogP contribution in [0.3, 0.4) is 0 Å². The summed E-state index contributed by atoms with van der Waals surface area (Å²) in [5, 5.41) is 0. The molecule has 0 N–H and O–H groups in total. The highest BCUT2D eigenvalue weighted by molar-refractivity contribution is 6.65. The summed E-state index contributed by atoms with van der Waals surface area (Å²) in [5.41, 5.74) is 0. The molecule has 29 heavy (non-hydrogen) atoms. The van der Waals surface area contributed by atoms with E-state index in [1.54, 1.807) is 0 Å². The summed E-state index contributed by atoms with van der Waals surface area (Å²) in [6.07, 6.45) is 27.1. The van der Waals surface area contributed by atoms with Crippen LogP contribution in [0.15, 0.2) is 0 Å². The SMILES string of the molecule is CCCCCCCCCCCCCCCCCCCCN1CCC[Si]1(OC)OC. The molecule has 0 atom stereocenters. The molecule has 1 fully saturated rings. The summed E-state index contributed by atoms with van der Waals surface area (Å²) in [5.74, 6) is 0. The molecule has 1 rings (SSSR count). The molecule has 0 unspecified atom stereocenters. The number of nitrogens with zero attached hydrogens (tertiary/aromatic N) is 1. The van der Waals surface area contributed by atoms with Crippen LogP contribution < -0.4 is 0 Å². The molecule has 1 saturated heterocycles. The van der Waals surface area contributed by atoms with Crippen molar-refractivity contribution in [2.24, 2.45) is 0 Å². The summed E-state index contributed by atoms with van der Waals surface area (Å²) in [6, 6.07) is 1.14. The lowest BCUT2D eigenvalue weighted by Crippen LogP contribution is -2.53. The Balaban J connectivity index is 1.77. The second-order valence-corrected chi connectivity index (χ2v) is 12.6. The lowest BCUT2D eigenvalue weighted by Gasteiger charge is -2.31. The number of unbranched alkanes of at least 4 members (excludes halogenated alkanes) is 17. The van der Waals surface area contributed by atoms with Crippen LogP contribution in [-0.2, 0) is 8.85 Å². The molecule has 0 amide bonds. The lowest BCUT2D eigenvalue weighted by molar-refractivity contribution is 0.181. The normalized spacial score (nSPS) is 16.7. The van der Waals surface area contributed by atoms with E-state index in [0.717, 1.165) is 6.04 Å². The van der Waals surface area contributed by atoms with Crippen LogP contribution in [0.1, 0.15) is 129 Å². The summed E-state index contributed by atoms with van der Waals surface area (Å²) < 4.78 is 14.1. The zero-order valence-electron chi connectivity index (χ0n) is 20.3. The van der Waals surface area contributed by atoms with E-state index in [0.29, 0.717) is 0 Å². The van der Waals surface area contributed by atoms with Gasteiger partial charge in [-0.1, -0.05) is 116 Å². The van der Waals surface area contributed by atoms with Gasteiger partial charge in [0.25, 0.3) is 0 Å². The Hall–Kier alpha value is 0.0969. The van der Waals surface area contributed by atoms with Crippen LogP contribution in [0.5, 0.6) is 0 Å². The minimum atomic E-state index is -1.99. The molecule has 0 aromatic heterocycles. The fourth-order valence-electron chi connectivity index (χ4n) is 4.85. The molecule has 0 aliphatic carbocycles. The third-order valence-electron chi connectivity index (χ3n) is 6.82. The van der Waals surface area contributed by atoms with Crippen molar-refractivity contribution in [3.05, 3.63) is 0 Å². The first-order valence-corrected chi connectivity index (χ1v) is 15.1. The van der Waals surface area contributed by atoms with Gasteiger partial charge in [0.15, 0.2) is 0 Å². The Bertz CT molecular complexity index is 350. The van der Waals surface area contributed by atoms with Gasteiger partial charge in [0, 0.05) is 20.3 Å². The van der Waals surface area contributed by atoms with Gasteiger partial charge in [0.05, 0.1) is 0 Å². The molecule has 1 heterocycles. The number of rotatable bonds is 21. The molecule has 0 bridgehead atoms. The van der Waals surface area contributed by atoms with Crippen LogP contribution in [0.4, 0.5) is 0 Å². The first-order valence-electron chi connectivity index (χ1n) is 13.1. The molecular formula is C25H53NO2Si. The second-order valence-electron chi connectivity index (χ2n) is 9.22. The van der Waals surface area contributed by atoms with Gasteiger partial charge in [-0.15, -0.1) is 0 Å². The van der Waals surface area contributed by atoms with Crippen molar-refractivity contribution in [1.29, 1.82) is 0 Å². The largest absolute Gasteiger partial charge is 0.427 e. The average molecular weight is 428 g/mol. The lowest BCUT2D eigenvalue weighted by atomic mass is 10.0. The van der Waals surface area contributed by atoms with Gasteiger partial charge in [-0.2, -0.15) is 0 Å². The first-order chi connectivity index (χ1) is 14.3. The minimum Gasteiger partial charge on any atom is -0.386 e. The number of hydrogen-bond donors (Lipinski definition) is 0. The molecule has 3 nitrogen and oxygen atoms in total. The quantitative estimate of drug-likeness (QED) is 0.137. The van der Waals surface area contributed by atoms with Crippen molar-refractivity contribution >= 4 is 8.72 Å². The van der Waals surface area contributed by atoms with Gasteiger partial charge in [-0.3, -0.25) is 4.57 Å². The van der Waals surface area contributed by atoms with Gasteiger partial charge < -0.3 is 8.85 Å². The number of hydrogen-bond acceptors (Lipinski definition) is 3. The van der Waals surface area contributed by atoms with Crippen LogP contribution in [0.2, 0.25) is 6.04 Å². The topological polar surface area (TPSA) is 21.7 Å². The van der Waals surface area contributed by atoms with E-state index >= 15 is 0 Å². The predicted octanol–water partition coefficient (Wildman–Crippen LogP) is 7.97. The maximum Gasteiger partial charge on any atom is 0.427 e. The maximum atomic E-state index is 5.79. The standard InChI is InChI=1S/C25H53NO2Si/c1-4-5-6-7-8-9-10-11-12-13-14-15-16-17-18-19-20-21-23-26-24-22-25-29(26,27-2)28-3/h4-25H2,1-3H3. The molecule has 174 valence electrons. The fourth-order valence-corrected chi connectivity index (χ4v) is 7.86. The van der Waals surface area contributed by atoms with Crippen molar-refractivity contribution in [2.75, 3.05) is 27.3 Å². The van der Waals surface area contributed by atoms with Crippen LogP contribution >= 0.6 is 0 Å². The van der Waals surface area contributed by atoms with Gasteiger partial charge in [0.2, 0.25) is 0 Å². The van der Waals surface area contributed by atoms with Crippen molar-refractivity contribution in [2.45, 2.75) is 135 Å². The van der Waals surface area contributed by atoms with Gasteiger partial charge in [-0.25, -0.2) is 0 Å². The summed E-state index contributed by atoms with van der Waals surface area (Å²) in [6.45, 7) is 4.64. The van der Waals surface area contributed by atoms with Gasteiger partial charge in [0.1, 0.15) is 0 Å². The molecule has 0 saturated carbocycles. The molecular weight excluding hydrogens is 374 g/mol. The Morgan fingerprint density at radius 2 is 0.966 bits per heavy atom. The highest BCUT2D eigenvalue weighted by Crippen LogP contribution is 2.27. The highest BCUT2D eigenvalue weighted by Gasteiger charge is 2.46. The summed E-state index contributed by atoms with van der Waals surface area (Å²) in [7, 11) is 1.69. The van der Waals surface area contributed by atoms with E-state index in [1.807, 2.05) is 14.2 Å². The van der Waals surface area contributed by atoms with E-state index in [-0.39, 0.29) is 0 Å². The molecule has 1 aliphatic rings. The monoisotopic (exact) mass is 427 g/mol. The van der Waals surface area contributed by atoms with Crippen molar-refractivity contribution in [3.8, 4) is 0 Å². The first kappa shape index (κ1) is 27.1. The second kappa shape index (κ2) is 18.8. The van der Waals surface area contributed by atoms with Crippen molar-refractivity contribution < 1.29 is 8.85 Å². The summed E-state index contributed by atoms with van der Waals surface area (Å²) >= 11 is 0. The van der Waals surface area contributed by atoms with Gasteiger partial charge >= 0.3 is 8.72 Å². The molecule has 0 aromatic carbocycles. The smallest absolute Gasteiger partial charge is 0.386 e. The van der Waals surface area contributed by atoms with Crippen LogP contribution in [-0.4, -0.2) is 40.6 Å². The fraction of sp³-hybridized carbons (Fsp3) is 1.00. The molecule has 0 aromatic rings. The Labute approximate surface area is 184 Å². The van der Waals surface area contributed by atoms with Crippen molar-refractivity contribution in [1.82, 2.24) is 4.57 Å². The average Bonchev–Trinajstić information content (AvgIpc) is 3.16. The Morgan fingerprint density at radius 3 is 1.34 bits per heavy atom. The molecule has 4 heteroatoms. The van der Waals surface area contributed by atoms with E-state index in [2.05, 4.69) is 11.5 Å². The van der Waals surface area contributed by atoms with Gasteiger partial charge in [-0.05, 0) is 25.9 Å². The third kappa shape index (κ3) is 12.5. The van der Waals surface area contributed by atoms with E-state index in [9.17, 15) is 0 Å². The third-order valence-corrected chi connectivity index (χ3v) is 10.5. The maximum absolute atomic E-state index is 5.79. The molecule has 0 spiro atoms. The van der Waals surface area contributed by atoms with E-state index < -0.39 is 8.72 Å². The van der Waals surface area contributed by atoms with Crippen LogP contribution in [0.25, 0.3) is 0 Å². The van der Waals surface area contributed by atoms with Crippen molar-refractivity contribution in [3.63, 3.8) is 0 Å².